The Morgan fingerprint density at radius 1 is 0.762 bits per heavy atom. The first-order chi connectivity index (χ1) is 9.47. The van der Waals surface area contributed by atoms with Gasteiger partial charge in [-0.25, -0.2) is 0 Å². The Kier molecular flexibility index (Phi) is 7.89. The molecule has 0 spiro atoms. The Morgan fingerprint density at radius 2 is 1.10 bits per heavy atom. The summed E-state index contributed by atoms with van der Waals surface area (Å²) in [6.45, 7) is 3.66. The number of hydrogen-bond donors (Lipinski definition) is 2. The molecule has 7 heteroatoms. The van der Waals surface area contributed by atoms with Gasteiger partial charge in [-0.05, 0) is 59.6 Å². The first-order valence-corrected chi connectivity index (χ1v) is 5.74. The van der Waals surface area contributed by atoms with Crippen LogP contribution in [0.25, 0.3) is 0 Å². The molecule has 2 aromatic carbocycles. The fraction of sp³-hybridized carbons (Fsp3) is 0.143. The van der Waals surface area contributed by atoms with Crippen LogP contribution < -0.4 is 0 Å². The van der Waals surface area contributed by atoms with E-state index in [2.05, 4.69) is 10.4 Å². The van der Waals surface area contributed by atoms with E-state index in [0.29, 0.717) is 0 Å². The third-order valence-corrected chi connectivity index (χ3v) is 2.46. The van der Waals surface area contributed by atoms with Crippen LogP contribution >= 0.6 is 0 Å². The number of rotatable bonds is 2. The summed E-state index contributed by atoms with van der Waals surface area (Å²) in [5.74, 6) is -0.138. The maximum absolute atomic E-state index is 9.97. The van der Waals surface area contributed by atoms with E-state index >= 15 is 0 Å². The van der Waals surface area contributed by atoms with E-state index in [4.69, 9.17) is 10.2 Å². The Balaban J connectivity index is 0.000000364. The van der Waals surface area contributed by atoms with Crippen molar-refractivity contribution in [3.8, 4) is 11.5 Å². The predicted molar refractivity (Wildman–Crippen MR) is 76.6 cm³/mol. The van der Waals surface area contributed by atoms with Crippen LogP contribution in [-0.4, -0.2) is 10.2 Å². The van der Waals surface area contributed by atoms with Crippen molar-refractivity contribution in [3.63, 3.8) is 0 Å². The van der Waals surface area contributed by atoms with E-state index in [1.165, 1.54) is 24.3 Å². The van der Waals surface area contributed by atoms with Gasteiger partial charge in [0.15, 0.2) is 0 Å². The topological polar surface area (TPSA) is 99.3 Å². The summed E-state index contributed by atoms with van der Waals surface area (Å²) in [5.41, 5.74) is 2.01. The van der Waals surface area contributed by atoms with Gasteiger partial charge in [0.25, 0.3) is 0 Å². The first kappa shape index (κ1) is 18.8. The molecular weight excluding hydrogens is 324 g/mol. The number of nitroso groups, excluding NO2 is 2. The molecule has 0 fully saturated rings. The number of nitrogens with zero attached hydrogens (tertiary/aromatic N) is 2. The average molecular weight is 338 g/mol. The molecule has 21 heavy (non-hydrogen) atoms. The van der Waals surface area contributed by atoms with Gasteiger partial charge in [-0.2, -0.15) is 0 Å². The summed E-state index contributed by atoms with van der Waals surface area (Å²) in [6.07, 6.45) is 0. The van der Waals surface area contributed by atoms with Gasteiger partial charge >= 0.3 is 0 Å². The van der Waals surface area contributed by atoms with Crippen LogP contribution in [0.4, 0.5) is 11.4 Å². The number of aromatic hydroxyl groups is 2. The summed E-state index contributed by atoms with van der Waals surface area (Å²) in [7, 11) is 0. The van der Waals surface area contributed by atoms with E-state index in [0.717, 1.165) is 11.1 Å². The zero-order valence-corrected chi connectivity index (χ0v) is 12.3. The number of benzene rings is 2. The fourth-order valence-corrected chi connectivity index (χ4v) is 1.41. The van der Waals surface area contributed by atoms with Gasteiger partial charge in [-0.1, -0.05) is 12.1 Å². The summed E-state index contributed by atoms with van der Waals surface area (Å²) >= 11 is 0. The Morgan fingerprint density at radius 3 is 1.33 bits per heavy atom. The maximum Gasteiger partial charge on any atom is 0.149 e. The molecule has 0 bridgehead atoms. The molecule has 2 rings (SSSR count). The van der Waals surface area contributed by atoms with Crippen molar-refractivity contribution in [2.45, 2.75) is 13.8 Å². The summed E-state index contributed by atoms with van der Waals surface area (Å²) in [5, 5.41) is 23.1. The third kappa shape index (κ3) is 5.72. The molecule has 0 amide bonds. The second-order valence-corrected chi connectivity index (χ2v) is 4.17. The van der Waals surface area contributed by atoms with Gasteiger partial charge in [0.05, 0.1) is 0 Å². The van der Waals surface area contributed by atoms with E-state index in [1.54, 1.807) is 12.1 Å². The summed E-state index contributed by atoms with van der Waals surface area (Å²) < 4.78 is 0. The van der Waals surface area contributed by atoms with Crippen molar-refractivity contribution in [2.75, 3.05) is 0 Å². The van der Waals surface area contributed by atoms with E-state index in [1.807, 2.05) is 13.8 Å². The number of phenols is 2. The second-order valence-electron chi connectivity index (χ2n) is 4.17. The van der Waals surface area contributed by atoms with Gasteiger partial charge in [-0.3, -0.25) is 0 Å². The summed E-state index contributed by atoms with van der Waals surface area (Å²) in [4.78, 5) is 19.9. The molecule has 0 heterocycles. The molecule has 0 aliphatic carbocycles. The minimum atomic E-state index is -0.0689. The molecule has 0 saturated carbocycles. The molecule has 2 aromatic rings. The van der Waals surface area contributed by atoms with Gasteiger partial charge in [-0.15, -0.1) is 9.81 Å². The molecule has 6 nitrogen and oxygen atoms in total. The van der Waals surface area contributed by atoms with Crippen molar-refractivity contribution < 1.29 is 27.3 Å². The minimum Gasteiger partial charge on any atom is -0.506 e. The van der Waals surface area contributed by atoms with Crippen LogP contribution in [0.2, 0.25) is 0 Å². The van der Waals surface area contributed by atoms with Crippen molar-refractivity contribution in [3.05, 3.63) is 57.3 Å². The molecular formula is C14H14CuN2O4. The van der Waals surface area contributed by atoms with Crippen LogP contribution in [0.15, 0.2) is 46.8 Å². The van der Waals surface area contributed by atoms with E-state index < -0.39 is 0 Å². The van der Waals surface area contributed by atoms with Crippen LogP contribution in [0, 0.1) is 23.7 Å². The quantitative estimate of drug-likeness (QED) is 0.633. The Bertz CT molecular complexity index is 577. The number of aryl methyl sites for hydroxylation is 2. The molecule has 1 radical (unpaired) electrons. The molecule has 115 valence electrons. The molecule has 0 aliphatic heterocycles. The smallest absolute Gasteiger partial charge is 0.149 e. The van der Waals surface area contributed by atoms with Crippen LogP contribution in [0.5, 0.6) is 11.5 Å². The van der Waals surface area contributed by atoms with Crippen molar-refractivity contribution in [1.29, 1.82) is 0 Å². The van der Waals surface area contributed by atoms with Gasteiger partial charge in [0, 0.05) is 17.1 Å². The van der Waals surface area contributed by atoms with Gasteiger partial charge in [0.2, 0.25) is 0 Å². The van der Waals surface area contributed by atoms with E-state index in [-0.39, 0.29) is 39.9 Å². The van der Waals surface area contributed by atoms with Crippen molar-refractivity contribution >= 4 is 11.4 Å². The molecule has 0 aromatic heterocycles. The molecule has 0 atom stereocenters. The predicted octanol–water partition coefficient (Wildman–Crippen LogP) is 4.19. The maximum atomic E-state index is 9.97. The van der Waals surface area contributed by atoms with Gasteiger partial charge in [0.1, 0.15) is 22.9 Å². The standard InChI is InChI=1S/2C7H7NO2.Cu/c2*1-5-2-3-7(9)6(4-5)8-10;/h2*2-4,9H,1H3;. The number of hydrogen-bond acceptors (Lipinski definition) is 6. The van der Waals surface area contributed by atoms with Crippen LogP contribution in [0.3, 0.4) is 0 Å². The molecule has 0 aliphatic rings. The van der Waals surface area contributed by atoms with Crippen molar-refractivity contribution in [1.82, 2.24) is 0 Å². The van der Waals surface area contributed by atoms with Crippen LogP contribution in [0.1, 0.15) is 11.1 Å². The SMILES string of the molecule is Cc1ccc(O)c(N=O)c1.Cc1ccc(O)c(N=O)c1.[Cu]. The Labute approximate surface area is 132 Å². The molecule has 0 unspecified atom stereocenters. The minimum absolute atomic E-state index is 0. The monoisotopic (exact) mass is 337 g/mol. The van der Waals surface area contributed by atoms with Crippen LogP contribution in [-0.2, 0) is 17.1 Å². The summed E-state index contributed by atoms with van der Waals surface area (Å²) in [6, 6.07) is 9.39. The first-order valence-electron chi connectivity index (χ1n) is 5.74. The van der Waals surface area contributed by atoms with Crippen molar-refractivity contribution in [2.24, 2.45) is 10.4 Å². The Hall–Kier alpha value is -2.24. The van der Waals surface area contributed by atoms with Gasteiger partial charge < -0.3 is 10.2 Å². The third-order valence-electron chi connectivity index (χ3n) is 2.46. The normalized spacial score (nSPS) is 8.86. The zero-order chi connectivity index (χ0) is 15.1. The molecule has 2 N–H and O–H groups in total. The largest absolute Gasteiger partial charge is 0.506 e. The number of phenolic OH excluding ortho intramolecular Hbond substituents is 2. The van der Waals surface area contributed by atoms with E-state index in [9.17, 15) is 9.81 Å². The average Bonchev–Trinajstić information content (AvgIpc) is 2.44. The molecule has 0 saturated heterocycles. The second kappa shape index (κ2) is 8.84. The fourth-order valence-electron chi connectivity index (χ4n) is 1.41. The zero-order valence-electron chi connectivity index (χ0n) is 11.4.